The van der Waals surface area contributed by atoms with Gasteiger partial charge in [-0.25, -0.2) is 4.79 Å². The Kier molecular flexibility index (Phi) is 3.19. The molecule has 7 heteroatoms. The van der Waals surface area contributed by atoms with Gasteiger partial charge in [0.25, 0.3) is 5.91 Å². The van der Waals surface area contributed by atoms with Crippen molar-refractivity contribution >= 4 is 28.5 Å². The minimum Gasteiger partial charge on any atom is -0.351 e. The second-order valence-electron chi connectivity index (χ2n) is 5.70. The predicted molar refractivity (Wildman–Crippen MR) is 89.3 cm³/mol. The molecule has 24 heavy (non-hydrogen) atoms. The van der Waals surface area contributed by atoms with E-state index < -0.39 is 6.03 Å². The molecule has 1 aliphatic rings. The first kappa shape index (κ1) is 14.3. The average Bonchev–Trinajstić information content (AvgIpc) is 3.16. The van der Waals surface area contributed by atoms with Crippen LogP contribution in [0.2, 0.25) is 0 Å². The second-order valence-corrected chi connectivity index (χ2v) is 5.70. The van der Waals surface area contributed by atoms with Crippen molar-refractivity contribution in [1.82, 2.24) is 15.1 Å². The Balaban J connectivity index is 1.63. The number of amides is 3. The van der Waals surface area contributed by atoms with E-state index in [0.29, 0.717) is 24.5 Å². The number of primary amides is 1. The Labute approximate surface area is 137 Å². The molecule has 0 atom stereocenters. The molecule has 0 bridgehead atoms. The van der Waals surface area contributed by atoms with Crippen LogP contribution in [0.1, 0.15) is 21.6 Å². The average molecular weight is 321 g/mol. The number of nitrogens with zero attached hydrogens (tertiary/aromatic N) is 2. The third-order valence-electron chi connectivity index (χ3n) is 4.23. The molecular weight excluding hydrogens is 306 g/mol. The first-order chi connectivity index (χ1) is 11.6. The standard InChI is InChI=1S/C17H15N5O2/c18-17(24)22-8-13-14(9-22)20-21-15(13)19-16(23)12-7-3-5-10-4-1-2-6-11(10)12/h1-7H,8-9H2,(H2,18,24)(H2,19,20,21,23). The molecule has 4 rings (SSSR count). The molecule has 0 saturated heterocycles. The smallest absolute Gasteiger partial charge is 0.315 e. The largest absolute Gasteiger partial charge is 0.351 e. The maximum Gasteiger partial charge on any atom is 0.315 e. The van der Waals surface area contributed by atoms with Gasteiger partial charge >= 0.3 is 6.03 Å². The normalized spacial score (nSPS) is 13.1. The van der Waals surface area contributed by atoms with E-state index in [9.17, 15) is 9.59 Å². The topological polar surface area (TPSA) is 104 Å². The summed E-state index contributed by atoms with van der Waals surface area (Å²) >= 11 is 0. The highest BCUT2D eigenvalue weighted by atomic mass is 16.2. The molecule has 2 aromatic carbocycles. The Bertz CT molecular complexity index is 957. The van der Waals surface area contributed by atoms with E-state index >= 15 is 0 Å². The Morgan fingerprint density at radius 3 is 2.75 bits per heavy atom. The molecule has 1 aromatic heterocycles. The summed E-state index contributed by atoms with van der Waals surface area (Å²) in [6.07, 6.45) is 0. The summed E-state index contributed by atoms with van der Waals surface area (Å²) in [7, 11) is 0. The lowest BCUT2D eigenvalue weighted by molar-refractivity contribution is 0.102. The highest BCUT2D eigenvalue weighted by molar-refractivity contribution is 6.12. The number of H-pyrrole nitrogens is 1. The zero-order valence-electron chi connectivity index (χ0n) is 12.7. The molecule has 0 radical (unpaired) electrons. The zero-order valence-corrected chi connectivity index (χ0v) is 12.7. The lowest BCUT2D eigenvalue weighted by Gasteiger charge is -2.12. The molecule has 0 fully saturated rings. The number of nitrogens with one attached hydrogen (secondary N) is 2. The number of aromatic nitrogens is 2. The van der Waals surface area contributed by atoms with E-state index in [1.165, 1.54) is 4.90 Å². The van der Waals surface area contributed by atoms with Crippen LogP contribution in [0.15, 0.2) is 42.5 Å². The van der Waals surface area contributed by atoms with Crippen molar-refractivity contribution in [3.05, 3.63) is 59.3 Å². The van der Waals surface area contributed by atoms with Gasteiger partial charge in [0, 0.05) is 11.1 Å². The SMILES string of the molecule is NC(=O)N1Cc2n[nH]c(NC(=O)c3cccc4ccccc34)c2C1. The van der Waals surface area contributed by atoms with E-state index in [1.807, 2.05) is 36.4 Å². The van der Waals surface area contributed by atoms with E-state index in [2.05, 4.69) is 15.5 Å². The number of nitrogens with two attached hydrogens (primary N) is 1. The summed E-state index contributed by atoms with van der Waals surface area (Å²) in [6.45, 7) is 0.692. The third-order valence-corrected chi connectivity index (χ3v) is 4.23. The lowest BCUT2D eigenvalue weighted by Crippen LogP contribution is -2.31. The van der Waals surface area contributed by atoms with Crippen molar-refractivity contribution in [2.24, 2.45) is 5.73 Å². The van der Waals surface area contributed by atoms with Crippen LogP contribution in [0.25, 0.3) is 10.8 Å². The van der Waals surface area contributed by atoms with Gasteiger partial charge in [0.1, 0.15) is 5.82 Å². The predicted octanol–water partition coefficient (Wildman–Crippen LogP) is 2.21. The zero-order chi connectivity index (χ0) is 16.7. The van der Waals surface area contributed by atoms with Crippen LogP contribution in [0, 0.1) is 0 Å². The van der Waals surface area contributed by atoms with Crippen LogP contribution in [0.3, 0.4) is 0 Å². The van der Waals surface area contributed by atoms with Crippen LogP contribution in [-0.4, -0.2) is 27.0 Å². The van der Waals surface area contributed by atoms with E-state index in [0.717, 1.165) is 22.0 Å². The van der Waals surface area contributed by atoms with Crippen LogP contribution in [-0.2, 0) is 13.1 Å². The summed E-state index contributed by atoms with van der Waals surface area (Å²) in [5.74, 6) is 0.280. The van der Waals surface area contributed by atoms with Crippen LogP contribution >= 0.6 is 0 Å². The number of urea groups is 1. The molecule has 0 spiro atoms. The molecular formula is C17H15N5O2. The fourth-order valence-electron chi connectivity index (χ4n) is 2.99. The lowest BCUT2D eigenvalue weighted by atomic mass is 10.0. The summed E-state index contributed by atoms with van der Waals surface area (Å²) < 4.78 is 0. The number of anilines is 1. The maximum atomic E-state index is 12.7. The summed E-state index contributed by atoms with van der Waals surface area (Å²) in [5.41, 5.74) is 7.41. The van der Waals surface area contributed by atoms with Crippen LogP contribution < -0.4 is 11.1 Å². The molecule has 120 valence electrons. The third kappa shape index (κ3) is 2.26. The molecule has 4 N–H and O–H groups in total. The Morgan fingerprint density at radius 2 is 1.92 bits per heavy atom. The first-order valence-corrected chi connectivity index (χ1v) is 7.53. The van der Waals surface area contributed by atoms with Crippen molar-refractivity contribution in [1.29, 1.82) is 0 Å². The summed E-state index contributed by atoms with van der Waals surface area (Å²) in [6, 6.07) is 12.8. The number of rotatable bonds is 2. The first-order valence-electron chi connectivity index (χ1n) is 7.53. The number of fused-ring (bicyclic) bond motifs is 2. The van der Waals surface area contributed by atoms with Gasteiger partial charge < -0.3 is 16.0 Å². The monoisotopic (exact) mass is 321 g/mol. The number of aromatic amines is 1. The van der Waals surface area contributed by atoms with Crippen molar-refractivity contribution in [2.45, 2.75) is 13.1 Å². The minimum absolute atomic E-state index is 0.226. The van der Waals surface area contributed by atoms with Crippen molar-refractivity contribution in [3.63, 3.8) is 0 Å². The maximum absolute atomic E-state index is 12.7. The van der Waals surface area contributed by atoms with Gasteiger partial charge in [0.15, 0.2) is 0 Å². The fourth-order valence-corrected chi connectivity index (χ4v) is 2.99. The van der Waals surface area contributed by atoms with Crippen molar-refractivity contribution < 1.29 is 9.59 Å². The van der Waals surface area contributed by atoms with Crippen molar-refractivity contribution in [3.8, 4) is 0 Å². The molecule has 7 nitrogen and oxygen atoms in total. The number of hydrogen-bond donors (Lipinski definition) is 3. The van der Waals surface area contributed by atoms with Gasteiger partial charge in [-0.15, -0.1) is 0 Å². The van der Waals surface area contributed by atoms with Gasteiger partial charge in [0.2, 0.25) is 0 Å². The van der Waals surface area contributed by atoms with Gasteiger partial charge in [-0.05, 0) is 16.8 Å². The quantitative estimate of drug-likeness (QED) is 0.674. The van der Waals surface area contributed by atoms with E-state index in [-0.39, 0.29) is 5.91 Å². The molecule has 3 aromatic rings. The van der Waals surface area contributed by atoms with Crippen LogP contribution in [0.4, 0.5) is 10.6 Å². The van der Waals surface area contributed by atoms with E-state index in [1.54, 1.807) is 6.07 Å². The molecule has 0 unspecified atom stereocenters. The highest BCUT2D eigenvalue weighted by Gasteiger charge is 2.28. The number of benzene rings is 2. The number of carbonyl (C=O) groups is 2. The summed E-state index contributed by atoms with van der Waals surface area (Å²) in [4.78, 5) is 25.4. The molecule has 0 aliphatic carbocycles. The minimum atomic E-state index is -0.501. The second kappa shape index (κ2) is 5.38. The fraction of sp³-hybridized carbons (Fsp3) is 0.118. The Morgan fingerprint density at radius 1 is 1.12 bits per heavy atom. The van der Waals surface area contributed by atoms with Gasteiger partial charge in [0.05, 0.1) is 18.8 Å². The highest BCUT2D eigenvalue weighted by Crippen LogP contribution is 2.27. The van der Waals surface area contributed by atoms with Gasteiger partial charge in [-0.1, -0.05) is 36.4 Å². The number of carbonyl (C=O) groups excluding carboxylic acids is 2. The van der Waals surface area contributed by atoms with E-state index in [4.69, 9.17) is 5.73 Å². The van der Waals surface area contributed by atoms with Gasteiger partial charge in [-0.3, -0.25) is 9.89 Å². The van der Waals surface area contributed by atoms with Gasteiger partial charge in [-0.2, -0.15) is 5.10 Å². The summed E-state index contributed by atoms with van der Waals surface area (Å²) in [5, 5.41) is 11.7. The molecule has 0 saturated carbocycles. The molecule has 3 amide bonds. The van der Waals surface area contributed by atoms with Crippen LogP contribution in [0.5, 0.6) is 0 Å². The molecule has 1 aliphatic heterocycles. The Hall–Kier alpha value is -3.35. The molecule has 2 heterocycles. The van der Waals surface area contributed by atoms with Crippen molar-refractivity contribution in [2.75, 3.05) is 5.32 Å². The number of hydrogen-bond acceptors (Lipinski definition) is 3.